The van der Waals surface area contributed by atoms with Gasteiger partial charge in [-0.15, -0.1) is 0 Å². The highest BCUT2D eigenvalue weighted by Crippen LogP contribution is 2.29. The van der Waals surface area contributed by atoms with E-state index in [0.29, 0.717) is 16.0 Å². The number of rotatable bonds is 4. The summed E-state index contributed by atoms with van der Waals surface area (Å²) in [7, 11) is 0. The summed E-state index contributed by atoms with van der Waals surface area (Å²) in [6, 6.07) is 5.44. The minimum absolute atomic E-state index is 0.252. The predicted molar refractivity (Wildman–Crippen MR) is 72.1 cm³/mol. The van der Waals surface area contributed by atoms with Gasteiger partial charge in [-0.2, -0.15) is 0 Å². The third-order valence-electron chi connectivity index (χ3n) is 3.21. The van der Waals surface area contributed by atoms with E-state index in [2.05, 4.69) is 12.2 Å². The van der Waals surface area contributed by atoms with E-state index in [1.807, 2.05) is 6.07 Å². The first kappa shape index (κ1) is 13.0. The van der Waals surface area contributed by atoms with E-state index < -0.39 is 0 Å². The zero-order valence-corrected chi connectivity index (χ0v) is 11.4. The second-order valence-electron chi connectivity index (χ2n) is 4.39. The summed E-state index contributed by atoms with van der Waals surface area (Å²) in [5.74, 6) is 1.40. The van der Waals surface area contributed by atoms with Gasteiger partial charge in [-0.3, -0.25) is 0 Å². The number of ether oxygens (including phenoxy) is 1. The fourth-order valence-corrected chi connectivity index (χ4v) is 2.52. The van der Waals surface area contributed by atoms with E-state index in [1.165, 1.54) is 6.42 Å². The zero-order valence-electron chi connectivity index (χ0n) is 9.88. The van der Waals surface area contributed by atoms with Gasteiger partial charge in [0.1, 0.15) is 11.9 Å². The maximum Gasteiger partial charge on any atom is 0.121 e. The first-order chi connectivity index (χ1) is 8.20. The summed E-state index contributed by atoms with van der Waals surface area (Å²) in [5, 5.41) is 4.48. The van der Waals surface area contributed by atoms with Crippen LogP contribution in [0.25, 0.3) is 0 Å². The van der Waals surface area contributed by atoms with Crippen molar-refractivity contribution in [2.24, 2.45) is 5.92 Å². The number of halogens is 2. The molecule has 1 aromatic carbocycles. The maximum absolute atomic E-state index is 6.00. The van der Waals surface area contributed by atoms with Gasteiger partial charge in [0.15, 0.2) is 0 Å². The van der Waals surface area contributed by atoms with Crippen LogP contribution in [0.1, 0.15) is 19.8 Å². The fourth-order valence-electron chi connectivity index (χ4n) is 2.23. The first-order valence-corrected chi connectivity index (χ1v) is 6.78. The van der Waals surface area contributed by atoms with Crippen molar-refractivity contribution in [2.45, 2.75) is 25.9 Å². The lowest BCUT2D eigenvalue weighted by Crippen LogP contribution is -2.28. The highest BCUT2D eigenvalue weighted by molar-refractivity contribution is 6.42. The Morgan fingerprint density at radius 1 is 1.41 bits per heavy atom. The molecule has 1 aliphatic heterocycles. The molecule has 0 aromatic heterocycles. The van der Waals surface area contributed by atoms with Gasteiger partial charge in [-0.1, -0.05) is 30.1 Å². The largest absolute Gasteiger partial charge is 0.490 e. The van der Waals surface area contributed by atoms with Crippen molar-refractivity contribution in [1.29, 1.82) is 0 Å². The molecule has 0 amide bonds. The van der Waals surface area contributed by atoms with Gasteiger partial charge in [0.2, 0.25) is 0 Å². The Kier molecular flexibility index (Phi) is 4.55. The van der Waals surface area contributed by atoms with Crippen molar-refractivity contribution < 1.29 is 4.74 Å². The van der Waals surface area contributed by atoms with Gasteiger partial charge < -0.3 is 10.1 Å². The molecule has 2 nitrogen and oxygen atoms in total. The van der Waals surface area contributed by atoms with Crippen LogP contribution in [0.2, 0.25) is 10.0 Å². The molecule has 2 atom stereocenters. The smallest absolute Gasteiger partial charge is 0.121 e. The van der Waals surface area contributed by atoms with E-state index in [4.69, 9.17) is 27.9 Å². The molecular weight excluding hydrogens is 257 g/mol. The first-order valence-electron chi connectivity index (χ1n) is 6.03. The fraction of sp³-hybridized carbons (Fsp3) is 0.538. The van der Waals surface area contributed by atoms with Crippen LogP contribution in [0.5, 0.6) is 5.75 Å². The molecule has 1 fully saturated rings. The van der Waals surface area contributed by atoms with E-state index in [9.17, 15) is 0 Å². The Labute approximate surface area is 112 Å². The molecule has 4 heteroatoms. The standard InChI is InChI=1S/C13H17Cl2NO/c1-2-13(9-5-6-16-8-9)17-10-3-4-11(14)12(15)7-10/h3-4,7,9,13,16H,2,5-6,8H2,1H3/t9-,13-/m0/s1. The minimum atomic E-state index is 0.252. The topological polar surface area (TPSA) is 21.3 Å². The van der Waals surface area contributed by atoms with Crippen molar-refractivity contribution >= 4 is 23.2 Å². The third kappa shape index (κ3) is 3.27. The molecule has 1 aromatic rings. The number of benzene rings is 1. The lowest BCUT2D eigenvalue weighted by Gasteiger charge is -2.23. The van der Waals surface area contributed by atoms with Crippen molar-refractivity contribution in [3.8, 4) is 5.75 Å². The Bertz CT molecular complexity index is 378. The Morgan fingerprint density at radius 2 is 2.24 bits per heavy atom. The highest BCUT2D eigenvalue weighted by atomic mass is 35.5. The molecule has 1 saturated heterocycles. The van der Waals surface area contributed by atoms with Crippen LogP contribution in [-0.2, 0) is 0 Å². The molecule has 0 radical (unpaired) electrons. The van der Waals surface area contributed by atoms with Crippen molar-refractivity contribution in [1.82, 2.24) is 5.32 Å². The highest BCUT2D eigenvalue weighted by Gasteiger charge is 2.25. The van der Waals surface area contributed by atoms with Gasteiger partial charge in [0.25, 0.3) is 0 Å². The molecule has 1 N–H and O–H groups in total. The summed E-state index contributed by atoms with van der Waals surface area (Å²) in [6.07, 6.45) is 2.44. The van der Waals surface area contributed by atoms with Gasteiger partial charge in [-0.05, 0) is 31.5 Å². The molecule has 2 rings (SSSR count). The molecule has 0 unspecified atom stereocenters. The number of hydrogen-bond acceptors (Lipinski definition) is 2. The van der Waals surface area contributed by atoms with E-state index in [-0.39, 0.29) is 6.10 Å². The molecule has 94 valence electrons. The SMILES string of the molecule is CC[C@H](Oc1ccc(Cl)c(Cl)c1)[C@H]1CCNC1. The van der Waals surface area contributed by atoms with E-state index >= 15 is 0 Å². The van der Waals surface area contributed by atoms with Gasteiger partial charge in [0, 0.05) is 18.5 Å². The third-order valence-corrected chi connectivity index (χ3v) is 3.94. The summed E-state index contributed by atoms with van der Waals surface area (Å²) < 4.78 is 6.00. The minimum Gasteiger partial charge on any atom is -0.490 e. The zero-order chi connectivity index (χ0) is 12.3. The Hall–Kier alpha value is -0.440. The molecule has 1 aliphatic rings. The maximum atomic E-state index is 6.00. The molecular formula is C13H17Cl2NO. The second-order valence-corrected chi connectivity index (χ2v) is 5.21. The van der Waals surface area contributed by atoms with Crippen LogP contribution in [0.4, 0.5) is 0 Å². The normalized spacial score (nSPS) is 21.5. The molecule has 17 heavy (non-hydrogen) atoms. The van der Waals surface area contributed by atoms with E-state index in [0.717, 1.165) is 25.3 Å². The van der Waals surface area contributed by atoms with Gasteiger partial charge in [0.05, 0.1) is 10.0 Å². The summed E-state index contributed by atoms with van der Waals surface area (Å²) >= 11 is 11.9. The molecule has 1 heterocycles. The quantitative estimate of drug-likeness (QED) is 0.902. The van der Waals surface area contributed by atoms with E-state index in [1.54, 1.807) is 12.1 Å². The lowest BCUT2D eigenvalue weighted by atomic mass is 9.99. The average molecular weight is 274 g/mol. The Morgan fingerprint density at radius 3 is 2.82 bits per heavy atom. The summed E-state index contributed by atoms with van der Waals surface area (Å²) in [4.78, 5) is 0. The second kappa shape index (κ2) is 5.94. The molecule has 0 saturated carbocycles. The summed E-state index contributed by atoms with van der Waals surface area (Å²) in [5.41, 5.74) is 0. The molecule has 0 bridgehead atoms. The van der Waals surface area contributed by atoms with Crippen LogP contribution < -0.4 is 10.1 Å². The molecule has 0 spiro atoms. The number of hydrogen-bond donors (Lipinski definition) is 1. The van der Waals surface area contributed by atoms with Crippen LogP contribution in [0, 0.1) is 5.92 Å². The Balaban J connectivity index is 2.04. The van der Waals surface area contributed by atoms with Crippen LogP contribution in [0.3, 0.4) is 0 Å². The van der Waals surface area contributed by atoms with Crippen LogP contribution in [-0.4, -0.2) is 19.2 Å². The van der Waals surface area contributed by atoms with Crippen molar-refractivity contribution in [3.05, 3.63) is 28.2 Å². The van der Waals surface area contributed by atoms with Gasteiger partial charge >= 0.3 is 0 Å². The molecule has 0 aliphatic carbocycles. The van der Waals surface area contributed by atoms with Crippen LogP contribution >= 0.6 is 23.2 Å². The lowest BCUT2D eigenvalue weighted by molar-refractivity contribution is 0.138. The van der Waals surface area contributed by atoms with Crippen molar-refractivity contribution in [3.63, 3.8) is 0 Å². The number of nitrogens with one attached hydrogen (secondary N) is 1. The van der Waals surface area contributed by atoms with Crippen molar-refractivity contribution in [2.75, 3.05) is 13.1 Å². The average Bonchev–Trinajstić information content (AvgIpc) is 2.84. The summed E-state index contributed by atoms with van der Waals surface area (Å²) in [6.45, 7) is 4.28. The van der Waals surface area contributed by atoms with Crippen LogP contribution in [0.15, 0.2) is 18.2 Å². The predicted octanol–water partition coefficient (Wildman–Crippen LogP) is 3.76. The van der Waals surface area contributed by atoms with Gasteiger partial charge in [-0.25, -0.2) is 0 Å². The monoisotopic (exact) mass is 273 g/mol.